The number of nitrogens with zero attached hydrogens (tertiary/aromatic N) is 2. The van der Waals surface area contributed by atoms with Gasteiger partial charge >= 0.3 is 0 Å². The van der Waals surface area contributed by atoms with Crippen molar-refractivity contribution in [3.8, 4) is 0 Å². The molecule has 3 heterocycles. The first-order chi connectivity index (χ1) is 14.6. The highest BCUT2D eigenvalue weighted by Crippen LogP contribution is 2.36. The van der Waals surface area contributed by atoms with E-state index in [1.165, 1.54) is 49.9 Å². The molecule has 2 N–H and O–H groups in total. The predicted octanol–water partition coefficient (Wildman–Crippen LogP) is 4.75. The van der Waals surface area contributed by atoms with Gasteiger partial charge in [0.05, 0.1) is 0 Å². The van der Waals surface area contributed by atoms with Crippen molar-refractivity contribution in [2.75, 3.05) is 18.4 Å². The van der Waals surface area contributed by atoms with Crippen LogP contribution in [-0.2, 0) is 6.54 Å². The Hall–Kier alpha value is -2.66. The number of likely N-dealkylation sites (tertiary alicyclic amines) is 1. The van der Waals surface area contributed by atoms with Gasteiger partial charge in [0.1, 0.15) is 11.5 Å². The van der Waals surface area contributed by atoms with Crippen molar-refractivity contribution in [1.29, 1.82) is 0 Å². The molecule has 1 saturated heterocycles. The molecule has 1 aliphatic carbocycles. The first-order valence-electron chi connectivity index (χ1n) is 11.1. The van der Waals surface area contributed by atoms with Crippen molar-refractivity contribution in [2.45, 2.75) is 58.0 Å². The first kappa shape index (κ1) is 19.3. The zero-order chi connectivity index (χ0) is 20.7. The van der Waals surface area contributed by atoms with Crippen molar-refractivity contribution < 1.29 is 4.79 Å². The number of ketones is 1. The molecule has 30 heavy (non-hydrogen) atoms. The molecular weight excluding hydrogens is 372 g/mol. The fourth-order valence-electron chi connectivity index (χ4n) is 4.88. The van der Waals surface area contributed by atoms with E-state index in [2.05, 4.69) is 45.6 Å². The molecule has 156 valence electrons. The third-order valence-corrected chi connectivity index (χ3v) is 6.74. The number of fused-ring (bicyclic) bond motifs is 1. The summed E-state index contributed by atoms with van der Waals surface area (Å²) >= 11 is 0. The second kappa shape index (κ2) is 7.88. The van der Waals surface area contributed by atoms with Gasteiger partial charge in [-0.15, -0.1) is 0 Å². The van der Waals surface area contributed by atoms with Gasteiger partial charge in [-0.1, -0.05) is 6.07 Å². The Morgan fingerprint density at radius 2 is 1.97 bits per heavy atom. The smallest absolute Gasteiger partial charge is 0.178 e. The van der Waals surface area contributed by atoms with Crippen LogP contribution in [0.15, 0.2) is 30.5 Å². The monoisotopic (exact) mass is 402 g/mol. The van der Waals surface area contributed by atoms with Crippen LogP contribution < -0.4 is 10.6 Å². The maximum atomic E-state index is 11.9. The highest BCUT2D eigenvalue weighted by molar-refractivity contribution is 5.93. The number of hydrogen-bond donors (Lipinski definition) is 2. The summed E-state index contributed by atoms with van der Waals surface area (Å²) in [6.45, 7) is 6.96. The number of benzene rings is 1. The molecule has 0 unspecified atom stereocenters. The molecule has 0 amide bonds. The van der Waals surface area contributed by atoms with E-state index < -0.39 is 0 Å². The number of pyridine rings is 1. The Morgan fingerprint density at radius 3 is 2.67 bits per heavy atom. The van der Waals surface area contributed by atoms with Crippen molar-refractivity contribution in [1.82, 2.24) is 15.2 Å². The molecular formula is C25H30N4O. The summed E-state index contributed by atoms with van der Waals surface area (Å²) in [5.41, 5.74) is 6.48. The van der Waals surface area contributed by atoms with Crippen LogP contribution in [0, 0.1) is 6.92 Å². The van der Waals surface area contributed by atoms with Crippen molar-refractivity contribution in [2.24, 2.45) is 0 Å². The molecule has 0 atom stereocenters. The molecule has 0 radical (unpaired) electrons. The third kappa shape index (κ3) is 3.86. The van der Waals surface area contributed by atoms with E-state index in [4.69, 9.17) is 0 Å². The lowest BCUT2D eigenvalue weighted by Crippen LogP contribution is -2.34. The second-order valence-corrected chi connectivity index (χ2v) is 8.93. The summed E-state index contributed by atoms with van der Waals surface area (Å²) in [7, 11) is 0. The van der Waals surface area contributed by atoms with Crippen LogP contribution >= 0.6 is 0 Å². The van der Waals surface area contributed by atoms with E-state index in [1.807, 2.05) is 18.3 Å². The van der Waals surface area contributed by atoms with Gasteiger partial charge in [0, 0.05) is 30.8 Å². The Morgan fingerprint density at radius 1 is 1.17 bits per heavy atom. The molecule has 2 fully saturated rings. The molecule has 1 aromatic carbocycles. The number of nitrogens with one attached hydrogen (secondary N) is 2. The lowest BCUT2D eigenvalue weighted by Gasteiger charge is -2.33. The molecule has 1 saturated carbocycles. The number of carbonyl (C=O) groups is 1. The average Bonchev–Trinajstić information content (AvgIpc) is 3.59. The van der Waals surface area contributed by atoms with E-state index in [0.29, 0.717) is 18.2 Å². The van der Waals surface area contributed by atoms with Gasteiger partial charge in [-0.3, -0.25) is 4.79 Å². The summed E-state index contributed by atoms with van der Waals surface area (Å²) in [4.78, 5) is 19.2. The van der Waals surface area contributed by atoms with Gasteiger partial charge in [0.15, 0.2) is 5.78 Å². The number of anilines is 2. The minimum Gasteiger partial charge on any atom is -0.387 e. The second-order valence-electron chi connectivity index (χ2n) is 8.93. The van der Waals surface area contributed by atoms with Gasteiger partial charge in [0.2, 0.25) is 0 Å². The number of hydrogen-bond acceptors (Lipinski definition) is 5. The van der Waals surface area contributed by atoms with Gasteiger partial charge in [0.25, 0.3) is 0 Å². The van der Waals surface area contributed by atoms with Crippen molar-refractivity contribution in [3.63, 3.8) is 0 Å². The summed E-state index contributed by atoms with van der Waals surface area (Å²) in [5, 5.41) is 6.73. The van der Waals surface area contributed by atoms with Gasteiger partial charge in [-0.25, -0.2) is 4.98 Å². The summed E-state index contributed by atoms with van der Waals surface area (Å²) in [6.07, 6.45) is 9.25. The number of aryl methyl sites for hydroxylation is 1. The van der Waals surface area contributed by atoms with Gasteiger partial charge < -0.3 is 15.5 Å². The molecule has 0 bridgehead atoms. The lowest BCUT2D eigenvalue weighted by molar-refractivity contribution is 0.101. The van der Waals surface area contributed by atoms with Gasteiger partial charge in [-0.2, -0.15) is 0 Å². The Bertz CT molecular complexity index is 1000. The highest BCUT2D eigenvalue weighted by atomic mass is 16.1. The lowest BCUT2D eigenvalue weighted by atomic mass is 9.86. The molecule has 0 spiro atoms. The predicted molar refractivity (Wildman–Crippen MR) is 121 cm³/mol. The average molecular weight is 403 g/mol. The van der Waals surface area contributed by atoms with E-state index in [0.717, 1.165) is 28.7 Å². The van der Waals surface area contributed by atoms with Crippen LogP contribution in [0.3, 0.4) is 0 Å². The maximum absolute atomic E-state index is 11.9. The Balaban J connectivity index is 1.36. The molecule has 5 heteroatoms. The first-order valence-corrected chi connectivity index (χ1v) is 11.1. The summed E-state index contributed by atoms with van der Waals surface area (Å²) in [6, 6.07) is 9.43. The standard InChI is InChI=1S/C25H30N4O/c1-16-13-20(3-6-22(16)18-8-11-29(12-9-18)21-4-5-21)27-25-23-15-26-10-7-19(23)14-24(28-25)17(2)30/h3,6-7,10,13-14,18,21,26H,4-5,8-9,11-12,15H2,1-2H3,(H,27,28). The van der Waals surface area contributed by atoms with Crippen LogP contribution in [0.4, 0.5) is 11.5 Å². The summed E-state index contributed by atoms with van der Waals surface area (Å²) in [5.74, 6) is 1.41. The number of piperidine rings is 1. The quantitative estimate of drug-likeness (QED) is 0.707. The largest absolute Gasteiger partial charge is 0.387 e. The van der Waals surface area contributed by atoms with Crippen LogP contribution in [0.5, 0.6) is 0 Å². The highest BCUT2D eigenvalue weighted by Gasteiger charge is 2.32. The van der Waals surface area contributed by atoms with Crippen molar-refractivity contribution >= 4 is 23.4 Å². The topological polar surface area (TPSA) is 57.3 Å². The van der Waals surface area contributed by atoms with Crippen LogP contribution in [-0.4, -0.2) is 34.8 Å². The molecule has 1 aromatic heterocycles. The normalized spacial score (nSPS) is 19.3. The van der Waals surface area contributed by atoms with E-state index in [9.17, 15) is 4.79 Å². The van der Waals surface area contributed by atoms with E-state index >= 15 is 0 Å². The zero-order valence-electron chi connectivity index (χ0n) is 17.9. The molecule has 2 aliphatic heterocycles. The molecule has 5 rings (SSSR count). The van der Waals surface area contributed by atoms with Crippen LogP contribution in [0.2, 0.25) is 0 Å². The number of Topliss-reactive ketones (excluding diaryl/α,β-unsaturated/α-hetero) is 1. The minimum absolute atomic E-state index is 0.0168. The van der Waals surface area contributed by atoms with Crippen molar-refractivity contribution in [3.05, 3.63) is 58.4 Å². The SMILES string of the molecule is CC(=O)c1cc2c(c(Nc3ccc(C4CCN(C5CC5)CC4)c(C)c3)n1)CNC=C2. The maximum Gasteiger partial charge on any atom is 0.178 e. The molecule has 3 aliphatic rings. The Kier molecular flexibility index (Phi) is 5.07. The number of rotatable bonds is 5. The Labute approximate surface area is 178 Å². The number of aromatic nitrogens is 1. The van der Waals surface area contributed by atoms with E-state index in [-0.39, 0.29) is 5.78 Å². The minimum atomic E-state index is -0.0168. The molecule has 2 aromatic rings. The number of carbonyl (C=O) groups excluding carboxylic acids is 1. The fraction of sp³-hybridized carbons (Fsp3) is 0.440. The zero-order valence-corrected chi connectivity index (χ0v) is 17.9. The van der Waals surface area contributed by atoms with E-state index in [1.54, 1.807) is 6.92 Å². The van der Waals surface area contributed by atoms with Crippen LogP contribution in [0.25, 0.3) is 6.08 Å². The van der Waals surface area contributed by atoms with Gasteiger partial charge in [-0.05, 0) is 98.8 Å². The fourth-order valence-corrected chi connectivity index (χ4v) is 4.88. The summed E-state index contributed by atoms with van der Waals surface area (Å²) < 4.78 is 0. The third-order valence-electron chi connectivity index (χ3n) is 6.74. The van der Waals surface area contributed by atoms with Crippen LogP contribution in [0.1, 0.15) is 71.3 Å². The molecule has 5 nitrogen and oxygen atoms in total.